The van der Waals surface area contributed by atoms with Crippen molar-refractivity contribution >= 4 is 0 Å². The van der Waals surface area contributed by atoms with Crippen LogP contribution in [0.2, 0.25) is 0 Å². The number of benzene rings is 1. The van der Waals surface area contributed by atoms with Crippen LogP contribution in [0.25, 0.3) is 0 Å². The fourth-order valence-electron chi connectivity index (χ4n) is 1.60. The van der Waals surface area contributed by atoms with Gasteiger partial charge in [0.1, 0.15) is 11.7 Å². The fraction of sp³-hybridized carbons (Fsp3) is 0.364. The van der Waals surface area contributed by atoms with Gasteiger partial charge in [-0.1, -0.05) is 30.3 Å². The molecule has 0 spiro atoms. The maximum Gasteiger partial charge on any atom is 0.185 e. The highest BCUT2D eigenvalue weighted by molar-refractivity contribution is 5.36. The molecule has 0 amide bonds. The maximum absolute atomic E-state index is 8.89. The van der Waals surface area contributed by atoms with Crippen molar-refractivity contribution in [3.8, 4) is 6.07 Å². The van der Waals surface area contributed by atoms with Crippen molar-refractivity contribution in [3.63, 3.8) is 0 Å². The van der Waals surface area contributed by atoms with Crippen LogP contribution in [0.15, 0.2) is 30.3 Å². The highest BCUT2D eigenvalue weighted by Crippen LogP contribution is 2.54. The summed E-state index contributed by atoms with van der Waals surface area (Å²) in [6.45, 7) is 3.77. The quantitative estimate of drug-likeness (QED) is 0.610. The summed E-state index contributed by atoms with van der Waals surface area (Å²) in [6, 6.07) is 12.0. The molecule has 0 aliphatic carbocycles. The van der Waals surface area contributed by atoms with Gasteiger partial charge in [0, 0.05) is 0 Å². The number of nitrogens with zero attached hydrogens (tertiary/aromatic N) is 1. The number of nitriles is 1. The molecule has 1 aromatic rings. The Morgan fingerprint density at radius 1 is 1.23 bits per heavy atom. The zero-order valence-corrected chi connectivity index (χ0v) is 7.74. The molecular weight excluding hydrogens is 162 g/mol. The standard InChI is InChI=1S/C11H11NO/c1-10(8-12)11(2,13-10)9-6-4-3-5-7-9/h3-7H,1-2H3/t10-,11-/m1/s1. The largest absolute Gasteiger partial charge is 0.342 e. The van der Waals surface area contributed by atoms with Gasteiger partial charge in [-0.3, -0.25) is 0 Å². The van der Waals surface area contributed by atoms with E-state index >= 15 is 0 Å². The molecule has 0 aromatic heterocycles. The molecule has 2 nitrogen and oxygen atoms in total. The Balaban J connectivity index is 2.37. The topological polar surface area (TPSA) is 36.3 Å². The van der Waals surface area contributed by atoms with Crippen molar-refractivity contribution in [2.75, 3.05) is 0 Å². The monoisotopic (exact) mass is 173 g/mol. The molecule has 2 atom stereocenters. The van der Waals surface area contributed by atoms with Crippen LogP contribution in [0.4, 0.5) is 0 Å². The average molecular weight is 173 g/mol. The van der Waals surface area contributed by atoms with Gasteiger partial charge in [-0.15, -0.1) is 0 Å². The number of ether oxygens (including phenoxy) is 1. The lowest BCUT2D eigenvalue weighted by Crippen LogP contribution is -2.15. The smallest absolute Gasteiger partial charge is 0.185 e. The summed E-state index contributed by atoms with van der Waals surface area (Å²) < 4.78 is 5.47. The molecule has 1 aromatic carbocycles. The van der Waals surface area contributed by atoms with E-state index in [4.69, 9.17) is 10.00 Å². The van der Waals surface area contributed by atoms with Gasteiger partial charge in [0.2, 0.25) is 0 Å². The van der Waals surface area contributed by atoms with Crippen molar-refractivity contribution in [1.82, 2.24) is 0 Å². The number of rotatable bonds is 1. The number of epoxide rings is 1. The van der Waals surface area contributed by atoms with Crippen LogP contribution in [0.1, 0.15) is 19.4 Å². The second kappa shape index (κ2) is 2.34. The van der Waals surface area contributed by atoms with E-state index in [1.807, 2.05) is 44.2 Å². The van der Waals surface area contributed by atoms with Crippen molar-refractivity contribution in [2.45, 2.75) is 25.0 Å². The Kier molecular flexibility index (Phi) is 1.49. The van der Waals surface area contributed by atoms with E-state index in [1.54, 1.807) is 0 Å². The summed E-state index contributed by atoms with van der Waals surface area (Å²) in [5.41, 5.74) is 0.0104. The highest BCUT2D eigenvalue weighted by atomic mass is 16.6. The van der Waals surface area contributed by atoms with Gasteiger partial charge in [0.25, 0.3) is 0 Å². The Morgan fingerprint density at radius 3 is 2.31 bits per heavy atom. The molecule has 2 heteroatoms. The van der Waals surface area contributed by atoms with Crippen LogP contribution in [-0.4, -0.2) is 5.60 Å². The Morgan fingerprint density at radius 2 is 1.85 bits per heavy atom. The molecule has 0 bridgehead atoms. The van der Waals surface area contributed by atoms with E-state index in [2.05, 4.69) is 6.07 Å². The molecule has 1 saturated heterocycles. The molecule has 1 aliphatic heterocycles. The first-order valence-corrected chi connectivity index (χ1v) is 4.29. The summed E-state index contributed by atoms with van der Waals surface area (Å²) in [4.78, 5) is 0. The summed E-state index contributed by atoms with van der Waals surface area (Å²) >= 11 is 0. The summed E-state index contributed by atoms with van der Waals surface area (Å²) in [7, 11) is 0. The molecule has 1 heterocycles. The lowest BCUT2D eigenvalue weighted by atomic mass is 9.90. The third-order valence-corrected chi connectivity index (χ3v) is 2.81. The molecule has 0 saturated carbocycles. The number of hydrogen-bond donors (Lipinski definition) is 0. The minimum atomic E-state index is -0.644. The second-order valence-electron chi connectivity index (χ2n) is 3.65. The predicted molar refractivity (Wildman–Crippen MR) is 48.9 cm³/mol. The Bertz CT molecular complexity index is 367. The summed E-state index contributed by atoms with van der Waals surface area (Å²) in [6.07, 6.45) is 0. The SMILES string of the molecule is C[C@]1(C#N)O[C@]1(C)c1ccccc1. The molecule has 13 heavy (non-hydrogen) atoms. The van der Waals surface area contributed by atoms with Crippen molar-refractivity contribution in [3.05, 3.63) is 35.9 Å². The van der Waals surface area contributed by atoms with Gasteiger partial charge in [-0.05, 0) is 19.4 Å². The zero-order valence-electron chi connectivity index (χ0n) is 7.74. The van der Waals surface area contributed by atoms with E-state index in [9.17, 15) is 0 Å². The lowest BCUT2D eigenvalue weighted by Gasteiger charge is -2.06. The maximum atomic E-state index is 8.89. The van der Waals surface area contributed by atoms with E-state index in [0.717, 1.165) is 5.56 Å². The zero-order chi connectivity index (χ0) is 9.53. The second-order valence-corrected chi connectivity index (χ2v) is 3.65. The van der Waals surface area contributed by atoms with Crippen molar-refractivity contribution in [2.24, 2.45) is 0 Å². The first-order chi connectivity index (χ1) is 6.12. The van der Waals surface area contributed by atoms with Gasteiger partial charge in [0.15, 0.2) is 5.60 Å². The Hall–Kier alpha value is -1.33. The number of hydrogen-bond acceptors (Lipinski definition) is 2. The van der Waals surface area contributed by atoms with Gasteiger partial charge in [0.05, 0.1) is 0 Å². The van der Waals surface area contributed by atoms with Crippen LogP contribution in [-0.2, 0) is 10.3 Å². The molecule has 0 unspecified atom stereocenters. The first-order valence-electron chi connectivity index (χ1n) is 4.29. The third-order valence-electron chi connectivity index (χ3n) is 2.81. The van der Waals surface area contributed by atoms with Gasteiger partial charge in [-0.2, -0.15) is 5.26 Å². The van der Waals surface area contributed by atoms with Crippen LogP contribution in [0, 0.1) is 11.3 Å². The molecule has 0 N–H and O–H groups in total. The molecule has 66 valence electrons. The lowest BCUT2D eigenvalue weighted by molar-refractivity contribution is 0.300. The van der Waals surface area contributed by atoms with Crippen molar-refractivity contribution < 1.29 is 4.74 Å². The van der Waals surface area contributed by atoms with Crippen LogP contribution < -0.4 is 0 Å². The first kappa shape index (κ1) is 8.28. The van der Waals surface area contributed by atoms with E-state index in [0.29, 0.717) is 0 Å². The molecule has 1 fully saturated rings. The molecule has 2 rings (SSSR count). The summed E-state index contributed by atoms with van der Waals surface area (Å²) in [5.74, 6) is 0. The molecule has 0 radical (unpaired) electrons. The van der Waals surface area contributed by atoms with Gasteiger partial charge in [-0.25, -0.2) is 0 Å². The average Bonchev–Trinajstić information content (AvgIpc) is 2.74. The van der Waals surface area contributed by atoms with E-state index in [1.165, 1.54) is 0 Å². The third kappa shape index (κ3) is 0.976. The molecule has 1 aliphatic rings. The van der Waals surface area contributed by atoms with Crippen LogP contribution >= 0.6 is 0 Å². The molecular formula is C11H11NO. The normalized spacial score (nSPS) is 36.7. The van der Waals surface area contributed by atoms with E-state index in [-0.39, 0.29) is 0 Å². The van der Waals surface area contributed by atoms with Crippen LogP contribution in [0.3, 0.4) is 0 Å². The van der Waals surface area contributed by atoms with Gasteiger partial charge >= 0.3 is 0 Å². The Labute approximate surface area is 77.8 Å². The van der Waals surface area contributed by atoms with Gasteiger partial charge < -0.3 is 4.74 Å². The van der Waals surface area contributed by atoms with Crippen molar-refractivity contribution in [1.29, 1.82) is 5.26 Å². The highest BCUT2D eigenvalue weighted by Gasteiger charge is 2.65. The minimum absolute atomic E-state index is 0.414. The minimum Gasteiger partial charge on any atom is -0.342 e. The van der Waals surface area contributed by atoms with E-state index < -0.39 is 11.2 Å². The van der Waals surface area contributed by atoms with Crippen LogP contribution in [0.5, 0.6) is 0 Å². The fourth-order valence-corrected chi connectivity index (χ4v) is 1.60. The predicted octanol–water partition coefficient (Wildman–Crippen LogP) is 2.21. The summed E-state index contributed by atoms with van der Waals surface area (Å²) in [5, 5.41) is 8.89.